The molecule has 0 radical (unpaired) electrons. The minimum Gasteiger partial charge on any atom is -0.381 e. The van der Waals surface area contributed by atoms with Gasteiger partial charge in [0.05, 0.1) is 17.8 Å². The molecule has 1 aliphatic rings. The Kier molecular flexibility index (Phi) is 4.83. The van der Waals surface area contributed by atoms with Gasteiger partial charge in [0.2, 0.25) is 0 Å². The van der Waals surface area contributed by atoms with Crippen LogP contribution in [0.15, 0.2) is 11.0 Å². The fourth-order valence-electron chi connectivity index (χ4n) is 2.04. The maximum Gasteiger partial charge on any atom is 0.292 e. The van der Waals surface area contributed by atoms with Crippen LogP contribution in [0.1, 0.15) is 12.8 Å². The molecule has 0 aromatic carbocycles. The third-order valence-corrected chi connectivity index (χ3v) is 3.35. The number of hydrogen-bond acceptors (Lipinski definition) is 4. The Morgan fingerprint density at radius 1 is 1.68 bits per heavy atom. The Morgan fingerprint density at radius 3 is 3.21 bits per heavy atom. The van der Waals surface area contributed by atoms with E-state index in [4.69, 9.17) is 22.8 Å². The van der Waals surface area contributed by atoms with Crippen molar-refractivity contribution >= 4 is 17.3 Å². The molecule has 1 fully saturated rings. The Morgan fingerprint density at radius 2 is 2.53 bits per heavy atom. The molecule has 1 aliphatic heterocycles. The molecule has 2 rings (SSSR count). The molecule has 1 unspecified atom stereocenters. The Bertz CT molecular complexity index is 530. The van der Waals surface area contributed by atoms with E-state index in [2.05, 4.69) is 16.3 Å². The van der Waals surface area contributed by atoms with Gasteiger partial charge in [-0.15, -0.1) is 6.42 Å². The number of hydrogen-bond donors (Lipinski definition) is 1. The molecule has 1 saturated heterocycles. The molecule has 0 aliphatic carbocycles. The number of nitrogens with one attached hydrogen (secondary N) is 1. The van der Waals surface area contributed by atoms with Crippen molar-refractivity contribution in [2.75, 3.05) is 25.1 Å². The molecule has 1 aromatic rings. The van der Waals surface area contributed by atoms with Crippen molar-refractivity contribution in [3.05, 3.63) is 21.6 Å². The van der Waals surface area contributed by atoms with Gasteiger partial charge in [-0.05, 0) is 18.8 Å². The third kappa shape index (κ3) is 3.49. The van der Waals surface area contributed by atoms with Gasteiger partial charge < -0.3 is 10.1 Å². The number of terminal acetylenes is 1. The minimum atomic E-state index is -0.290. The second-order valence-electron chi connectivity index (χ2n) is 4.50. The average molecular weight is 282 g/mol. The summed E-state index contributed by atoms with van der Waals surface area (Å²) < 4.78 is 6.61. The van der Waals surface area contributed by atoms with E-state index < -0.39 is 0 Å². The van der Waals surface area contributed by atoms with Crippen LogP contribution in [0.2, 0.25) is 5.02 Å². The monoisotopic (exact) mass is 281 g/mol. The third-order valence-electron chi connectivity index (χ3n) is 3.06. The zero-order valence-electron chi connectivity index (χ0n) is 10.6. The highest BCUT2D eigenvalue weighted by Gasteiger charge is 2.16. The van der Waals surface area contributed by atoms with Crippen molar-refractivity contribution in [2.24, 2.45) is 5.92 Å². The summed E-state index contributed by atoms with van der Waals surface area (Å²) in [5.41, 5.74) is 0.0691. The van der Waals surface area contributed by atoms with Crippen molar-refractivity contribution in [2.45, 2.75) is 19.4 Å². The van der Waals surface area contributed by atoms with Crippen LogP contribution >= 0.6 is 11.6 Å². The van der Waals surface area contributed by atoms with Gasteiger partial charge in [-0.2, -0.15) is 5.10 Å². The fraction of sp³-hybridized carbons (Fsp3) is 0.538. The van der Waals surface area contributed by atoms with Crippen LogP contribution in [0.3, 0.4) is 0 Å². The molecule has 1 aromatic heterocycles. The van der Waals surface area contributed by atoms with Crippen molar-refractivity contribution in [1.29, 1.82) is 0 Å². The summed E-state index contributed by atoms with van der Waals surface area (Å²) in [6, 6.07) is 0. The lowest BCUT2D eigenvalue weighted by molar-refractivity contribution is 0.0595. The van der Waals surface area contributed by atoms with Crippen LogP contribution in [0.25, 0.3) is 0 Å². The lowest BCUT2D eigenvalue weighted by atomic mass is 10.0. The topological polar surface area (TPSA) is 56.1 Å². The lowest BCUT2D eigenvalue weighted by Crippen LogP contribution is -2.29. The van der Waals surface area contributed by atoms with Crippen molar-refractivity contribution in [3.63, 3.8) is 0 Å². The van der Waals surface area contributed by atoms with Gasteiger partial charge in [-0.25, -0.2) is 4.68 Å². The number of halogens is 1. The largest absolute Gasteiger partial charge is 0.381 e. The summed E-state index contributed by atoms with van der Waals surface area (Å²) in [4.78, 5) is 12.1. The number of nitrogens with zero attached hydrogens (tertiary/aromatic N) is 2. The summed E-state index contributed by atoms with van der Waals surface area (Å²) >= 11 is 6.00. The van der Waals surface area contributed by atoms with Gasteiger partial charge in [-0.3, -0.25) is 4.79 Å². The number of rotatable bonds is 4. The molecule has 2 heterocycles. The maximum absolute atomic E-state index is 12.1. The van der Waals surface area contributed by atoms with Crippen LogP contribution in [0.4, 0.5) is 5.69 Å². The van der Waals surface area contributed by atoms with E-state index in [0.29, 0.717) is 29.8 Å². The van der Waals surface area contributed by atoms with E-state index in [0.717, 1.165) is 19.4 Å². The van der Waals surface area contributed by atoms with E-state index >= 15 is 0 Å². The van der Waals surface area contributed by atoms with Gasteiger partial charge >= 0.3 is 0 Å². The minimum absolute atomic E-state index is 0.136. The second kappa shape index (κ2) is 6.60. The molecule has 1 atom stereocenters. The lowest BCUT2D eigenvalue weighted by Gasteiger charge is -2.22. The normalized spacial score (nSPS) is 18.8. The first-order valence-corrected chi connectivity index (χ1v) is 6.61. The quantitative estimate of drug-likeness (QED) is 0.847. The first-order valence-electron chi connectivity index (χ1n) is 6.23. The number of aromatic nitrogens is 2. The summed E-state index contributed by atoms with van der Waals surface area (Å²) in [6.07, 6.45) is 8.76. The first-order chi connectivity index (χ1) is 9.22. The van der Waals surface area contributed by atoms with Crippen LogP contribution in [-0.4, -0.2) is 29.5 Å². The molecule has 0 spiro atoms. The summed E-state index contributed by atoms with van der Waals surface area (Å²) in [5, 5.41) is 7.30. The van der Waals surface area contributed by atoms with Crippen LogP contribution < -0.4 is 10.9 Å². The highest BCUT2D eigenvalue weighted by molar-refractivity contribution is 6.32. The van der Waals surface area contributed by atoms with Gasteiger partial charge in [-0.1, -0.05) is 17.5 Å². The molecule has 0 amide bonds. The van der Waals surface area contributed by atoms with Crippen molar-refractivity contribution in [3.8, 4) is 12.3 Å². The average Bonchev–Trinajstić information content (AvgIpc) is 2.43. The van der Waals surface area contributed by atoms with Crippen LogP contribution in [0, 0.1) is 18.3 Å². The van der Waals surface area contributed by atoms with Crippen molar-refractivity contribution in [1.82, 2.24) is 9.78 Å². The van der Waals surface area contributed by atoms with Crippen LogP contribution in [-0.2, 0) is 11.3 Å². The maximum atomic E-state index is 12.1. The summed E-state index contributed by atoms with van der Waals surface area (Å²) in [5.74, 6) is 2.79. The highest BCUT2D eigenvalue weighted by Crippen LogP contribution is 2.18. The number of anilines is 1. The zero-order valence-corrected chi connectivity index (χ0v) is 11.3. The highest BCUT2D eigenvalue weighted by atomic mass is 35.5. The molecular formula is C13H16ClN3O2. The van der Waals surface area contributed by atoms with E-state index in [1.165, 1.54) is 10.9 Å². The van der Waals surface area contributed by atoms with E-state index in [1.54, 1.807) is 0 Å². The molecular weight excluding hydrogens is 266 g/mol. The predicted octanol–water partition coefficient (Wildman–Crippen LogP) is 1.37. The Labute approximate surface area is 116 Å². The molecule has 5 nitrogen and oxygen atoms in total. The van der Waals surface area contributed by atoms with Gasteiger partial charge in [0.1, 0.15) is 12.2 Å². The van der Waals surface area contributed by atoms with Crippen molar-refractivity contribution < 1.29 is 4.74 Å². The summed E-state index contributed by atoms with van der Waals surface area (Å²) in [7, 11) is 0. The van der Waals surface area contributed by atoms with E-state index in [1.807, 2.05) is 0 Å². The molecule has 0 bridgehead atoms. The SMILES string of the molecule is C#CCn1ncc(Cl)c(NCC2CCCOC2)c1=O. The van der Waals surface area contributed by atoms with Crippen LogP contribution in [0.5, 0.6) is 0 Å². The Hall–Kier alpha value is -1.51. The number of ether oxygens (including phenoxy) is 1. The summed E-state index contributed by atoms with van der Waals surface area (Å²) in [6.45, 7) is 2.34. The molecule has 1 N–H and O–H groups in total. The zero-order chi connectivity index (χ0) is 13.7. The van der Waals surface area contributed by atoms with E-state index in [9.17, 15) is 4.79 Å². The molecule has 6 heteroatoms. The first kappa shape index (κ1) is 13.9. The van der Waals surface area contributed by atoms with Gasteiger partial charge in [0, 0.05) is 13.2 Å². The molecule has 0 saturated carbocycles. The fourth-order valence-corrected chi connectivity index (χ4v) is 2.23. The predicted molar refractivity (Wildman–Crippen MR) is 74.4 cm³/mol. The van der Waals surface area contributed by atoms with Gasteiger partial charge in [0.25, 0.3) is 5.56 Å². The molecule has 19 heavy (non-hydrogen) atoms. The Balaban J connectivity index is 2.08. The second-order valence-corrected chi connectivity index (χ2v) is 4.91. The molecule has 102 valence electrons. The standard InChI is InChI=1S/C13H16ClN3O2/c1-2-5-17-13(18)12(11(14)8-16-17)15-7-10-4-3-6-19-9-10/h1,8,10,15H,3-7,9H2. The smallest absolute Gasteiger partial charge is 0.292 e. The van der Waals surface area contributed by atoms with Gasteiger partial charge in [0.15, 0.2) is 0 Å². The van der Waals surface area contributed by atoms with E-state index in [-0.39, 0.29) is 12.1 Å².